The molecule has 1 aromatic rings. The van der Waals surface area contributed by atoms with Gasteiger partial charge in [-0.15, -0.1) is 0 Å². The summed E-state index contributed by atoms with van der Waals surface area (Å²) in [5.74, 6) is -0.631. The molecule has 0 aromatic heterocycles. The summed E-state index contributed by atoms with van der Waals surface area (Å²) in [6.45, 7) is 0. The fourth-order valence-corrected chi connectivity index (χ4v) is 1.57. The van der Waals surface area contributed by atoms with Gasteiger partial charge in [0.1, 0.15) is 10.7 Å². The third-order valence-electron chi connectivity index (χ3n) is 1.71. The zero-order chi connectivity index (χ0) is 13.9. The second kappa shape index (κ2) is 5.52. The predicted octanol–water partition coefficient (Wildman–Crippen LogP) is 1.12. The summed E-state index contributed by atoms with van der Waals surface area (Å²) in [7, 11) is 0. The Morgan fingerprint density at radius 2 is 1.89 bits per heavy atom. The van der Waals surface area contributed by atoms with Gasteiger partial charge in [-0.3, -0.25) is 10.1 Å². The van der Waals surface area contributed by atoms with Crippen molar-refractivity contribution in [2.24, 2.45) is 27.2 Å². The molecule has 0 spiro atoms. The van der Waals surface area contributed by atoms with Gasteiger partial charge >= 0.3 is 0 Å². The average Bonchev–Trinajstić information content (AvgIpc) is 2.22. The van der Waals surface area contributed by atoms with Gasteiger partial charge in [0.2, 0.25) is 5.96 Å². The van der Waals surface area contributed by atoms with E-state index in [0.29, 0.717) is 0 Å². The molecule has 0 atom stereocenters. The summed E-state index contributed by atoms with van der Waals surface area (Å²) in [6.07, 6.45) is 0. The highest BCUT2D eigenvalue weighted by Gasteiger charge is 2.18. The minimum Gasteiger partial charge on any atom is -0.370 e. The van der Waals surface area contributed by atoms with Crippen molar-refractivity contribution in [3.8, 4) is 0 Å². The molecule has 0 fully saturated rings. The first kappa shape index (κ1) is 14.0. The molecule has 0 saturated carbocycles. The minimum absolute atomic E-state index is 0.0740. The molecule has 0 aliphatic rings. The van der Waals surface area contributed by atoms with Gasteiger partial charge in [-0.2, -0.15) is 4.99 Å². The van der Waals surface area contributed by atoms with Crippen LogP contribution in [-0.4, -0.2) is 16.8 Å². The Bertz CT molecular complexity index is 553. The first-order valence-corrected chi connectivity index (χ1v) is 5.14. The van der Waals surface area contributed by atoms with Crippen molar-refractivity contribution >= 4 is 46.5 Å². The maximum absolute atomic E-state index is 10.7. The molecule has 0 radical (unpaired) electrons. The summed E-state index contributed by atoms with van der Waals surface area (Å²) < 4.78 is 0. The highest BCUT2D eigenvalue weighted by Crippen LogP contribution is 2.39. The highest BCUT2D eigenvalue weighted by molar-refractivity contribution is 6.40. The molecule has 0 bridgehead atoms. The zero-order valence-corrected chi connectivity index (χ0v) is 10.3. The molecule has 0 aliphatic carbocycles. The number of nitro groups is 1. The fraction of sp³-hybridized carbons (Fsp3) is 0. The molecule has 1 rings (SSSR count). The van der Waals surface area contributed by atoms with Gasteiger partial charge in [0.05, 0.1) is 9.95 Å². The van der Waals surface area contributed by atoms with Crippen LogP contribution in [0.4, 0.5) is 11.4 Å². The fourth-order valence-electron chi connectivity index (χ4n) is 1.05. The summed E-state index contributed by atoms with van der Waals surface area (Å²) >= 11 is 11.6. The van der Waals surface area contributed by atoms with Crippen LogP contribution in [0.5, 0.6) is 0 Å². The van der Waals surface area contributed by atoms with Crippen molar-refractivity contribution < 1.29 is 4.92 Å². The quantitative estimate of drug-likeness (QED) is 0.323. The number of nitrogens with two attached hydrogens (primary N) is 3. The molecule has 0 saturated heterocycles. The number of benzene rings is 1. The van der Waals surface area contributed by atoms with Crippen molar-refractivity contribution in [1.82, 2.24) is 0 Å². The van der Waals surface area contributed by atoms with Gasteiger partial charge < -0.3 is 17.2 Å². The van der Waals surface area contributed by atoms with E-state index in [1.165, 1.54) is 6.07 Å². The number of halogens is 2. The topological polar surface area (TPSA) is 146 Å². The van der Waals surface area contributed by atoms with Crippen LogP contribution in [0, 0.1) is 10.1 Å². The maximum atomic E-state index is 10.7. The normalized spacial score (nSPS) is 11.1. The molecule has 18 heavy (non-hydrogen) atoms. The summed E-state index contributed by atoms with van der Waals surface area (Å²) in [4.78, 5) is 17.2. The van der Waals surface area contributed by atoms with Gasteiger partial charge in [0.25, 0.3) is 5.69 Å². The first-order valence-electron chi connectivity index (χ1n) is 4.39. The molecule has 8 nitrogen and oxygen atoms in total. The molecule has 96 valence electrons. The van der Waals surface area contributed by atoms with E-state index in [4.69, 9.17) is 40.4 Å². The Labute approximate surface area is 111 Å². The number of rotatable bonds is 2. The molecule has 0 amide bonds. The minimum atomic E-state index is -0.672. The third-order valence-corrected chi connectivity index (χ3v) is 2.39. The van der Waals surface area contributed by atoms with E-state index in [1.807, 2.05) is 0 Å². The number of hydrogen-bond acceptors (Lipinski definition) is 3. The van der Waals surface area contributed by atoms with Crippen LogP contribution in [0.25, 0.3) is 0 Å². The number of hydrogen-bond donors (Lipinski definition) is 3. The van der Waals surface area contributed by atoms with E-state index < -0.39 is 4.92 Å². The van der Waals surface area contributed by atoms with Crippen molar-refractivity contribution in [2.45, 2.75) is 0 Å². The number of aliphatic imine (C=N–C) groups is 2. The lowest BCUT2D eigenvalue weighted by Crippen LogP contribution is -2.26. The van der Waals surface area contributed by atoms with Crippen LogP contribution < -0.4 is 17.2 Å². The lowest BCUT2D eigenvalue weighted by molar-refractivity contribution is -0.384. The SMILES string of the molecule is NC(N)=NC(N)=Nc1c(Cl)ccc([N+](=O)[O-])c1Cl. The Kier molecular flexibility index (Phi) is 4.29. The molecule has 10 heteroatoms. The molecule has 6 N–H and O–H groups in total. The van der Waals surface area contributed by atoms with Gasteiger partial charge in [-0.1, -0.05) is 23.2 Å². The lowest BCUT2D eigenvalue weighted by atomic mass is 10.3. The lowest BCUT2D eigenvalue weighted by Gasteiger charge is -2.02. The largest absolute Gasteiger partial charge is 0.370 e. The standard InChI is InChI=1S/C8H8Cl2N6O2/c9-3-1-2-4(16(17)18)5(10)6(3)14-8(13)15-7(11)12/h1-2H,(H6,11,12,13,14,15). The molecule has 0 aliphatic heterocycles. The highest BCUT2D eigenvalue weighted by atomic mass is 35.5. The van der Waals surface area contributed by atoms with Crippen LogP contribution >= 0.6 is 23.2 Å². The van der Waals surface area contributed by atoms with E-state index in [9.17, 15) is 10.1 Å². The van der Waals surface area contributed by atoms with E-state index in [-0.39, 0.29) is 33.3 Å². The van der Waals surface area contributed by atoms with Crippen molar-refractivity contribution in [2.75, 3.05) is 0 Å². The molecule has 0 heterocycles. The number of nitro benzene ring substituents is 1. The third kappa shape index (κ3) is 3.22. The summed E-state index contributed by atoms with van der Waals surface area (Å²) in [6, 6.07) is 2.42. The first-order chi connectivity index (χ1) is 8.32. The smallest absolute Gasteiger partial charge is 0.290 e. The van der Waals surface area contributed by atoms with Crippen LogP contribution in [0.15, 0.2) is 22.1 Å². The van der Waals surface area contributed by atoms with E-state index in [2.05, 4.69) is 9.98 Å². The van der Waals surface area contributed by atoms with Gasteiger partial charge in [-0.25, -0.2) is 4.99 Å². The van der Waals surface area contributed by atoms with E-state index in [0.717, 1.165) is 6.07 Å². The van der Waals surface area contributed by atoms with E-state index in [1.54, 1.807) is 0 Å². The van der Waals surface area contributed by atoms with Gasteiger partial charge in [0.15, 0.2) is 5.96 Å². The number of nitrogens with zero attached hydrogens (tertiary/aromatic N) is 3. The Hall–Kier alpha value is -2.06. The van der Waals surface area contributed by atoms with Crippen molar-refractivity contribution in [3.05, 3.63) is 32.3 Å². The number of guanidine groups is 2. The van der Waals surface area contributed by atoms with Crippen LogP contribution in [0.1, 0.15) is 0 Å². The predicted molar refractivity (Wildman–Crippen MR) is 70.2 cm³/mol. The average molecular weight is 291 g/mol. The van der Waals surface area contributed by atoms with Crippen LogP contribution in [-0.2, 0) is 0 Å². The van der Waals surface area contributed by atoms with Crippen LogP contribution in [0.3, 0.4) is 0 Å². The van der Waals surface area contributed by atoms with Crippen LogP contribution in [0.2, 0.25) is 10.0 Å². The zero-order valence-electron chi connectivity index (χ0n) is 8.80. The maximum Gasteiger partial charge on any atom is 0.290 e. The van der Waals surface area contributed by atoms with Crippen molar-refractivity contribution in [1.29, 1.82) is 0 Å². The van der Waals surface area contributed by atoms with Crippen molar-refractivity contribution in [3.63, 3.8) is 0 Å². The molecule has 1 aromatic carbocycles. The molecular formula is C8H8Cl2N6O2. The second-order valence-electron chi connectivity index (χ2n) is 2.99. The summed E-state index contributed by atoms with van der Waals surface area (Å²) in [5, 5.41) is 10.5. The monoisotopic (exact) mass is 290 g/mol. The Morgan fingerprint density at radius 1 is 1.28 bits per heavy atom. The molecule has 0 unspecified atom stereocenters. The van der Waals surface area contributed by atoms with Gasteiger partial charge in [-0.05, 0) is 6.07 Å². The Balaban J connectivity index is 3.37. The second-order valence-corrected chi connectivity index (χ2v) is 3.78. The molecular weight excluding hydrogens is 283 g/mol. The Morgan fingerprint density at radius 3 is 2.39 bits per heavy atom. The van der Waals surface area contributed by atoms with E-state index >= 15 is 0 Å². The summed E-state index contributed by atoms with van der Waals surface area (Å²) in [5.41, 5.74) is 15.2. The van der Waals surface area contributed by atoms with Gasteiger partial charge in [0, 0.05) is 6.07 Å².